The fourth-order valence-electron chi connectivity index (χ4n) is 1.84. The lowest BCUT2D eigenvalue weighted by molar-refractivity contribution is -0.133. The molecule has 0 bridgehead atoms. The molecule has 1 atom stereocenters. The number of carbonyl (C=O) groups is 1. The molecular formula is C14H17FN2O. The summed E-state index contributed by atoms with van der Waals surface area (Å²) in [6, 6.07) is 8.02. The molecule has 0 heterocycles. The van der Waals surface area contributed by atoms with E-state index in [1.54, 1.807) is 17.0 Å². The van der Waals surface area contributed by atoms with Crippen LogP contribution in [0.5, 0.6) is 0 Å². The zero-order valence-corrected chi connectivity index (χ0v) is 10.7. The van der Waals surface area contributed by atoms with E-state index in [1.807, 2.05) is 19.9 Å². The van der Waals surface area contributed by atoms with E-state index in [-0.39, 0.29) is 18.1 Å². The van der Waals surface area contributed by atoms with Gasteiger partial charge in [-0.15, -0.1) is 0 Å². The van der Waals surface area contributed by atoms with Gasteiger partial charge in [-0.05, 0) is 38.0 Å². The van der Waals surface area contributed by atoms with Crippen LogP contribution in [0.25, 0.3) is 0 Å². The molecule has 0 aliphatic heterocycles. The van der Waals surface area contributed by atoms with E-state index in [0.717, 1.165) is 0 Å². The number of halogens is 1. The molecule has 1 aromatic carbocycles. The fraction of sp³-hybridized carbons (Fsp3) is 0.429. The highest BCUT2D eigenvalue weighted by atomic mass is 19.1. The zero-order valence-electron chi connectivity index (χ0n) is 10.7. The van der Waals surface area contributed by atoms with E-state index >= 15 is 0 Å². The van der Waals surface area contributed by atoms with Crippen molar-refractivity contribution in [1.82, 2.24) is 4.90 Å². The summed E-state index contributed by atoms with van der Waals surface area (Å²) in [5.41, 5.74) is 0.669. The molecule has 0 N–H and O–H groups in total. The number of hydrogen-bond acceptors (Lipinski definition) is 2. The van der Waals surface area contributed by atoms with Crippen molar-refractivity contribution in [3.8, 4) is 6.07 Å². The van der Waals surface area contributed by atoms with Crippen molar-refractivity contribution in [3.05, 3.63) is 35.6 Å². The second kappa shape index (κ2) is 6.75. The van der Waals surface area contributed by atoms with Gasteiger partial charge in [0.1, 0.15) is 11.7 Å². The van der Waals surface area contributed by atoms with Gasteiger partial charge >= 0.3 is 0 Å². The molecule has 0 saturated heterocycles. The van der Waals surface area contributed by atoms with E-state index in [2.05, 4.69) is 0 Å². The molecule has 0 radical (unpaired) electrons. The average molecular weight is 248 g/mol. The summed E-state index contributed by atoms with van der Waals surface area (Å²) >= 11 is 0. The molecule has 96 valence electrons. The minimum atomic E-state index is -0.744. The topological polar surface area (TPSA) is 44.1 Å². The number of hydrogen-bond donors (Lipinski definition) is 0. The lowest BCUT2D eigenvalue weighted by Crippen LogP contribution is -2.36. The van der Waals surface area contributed by atoms with Crippen LogP contribution in [-0.2, 0) is 11.2 Å². The van der Waals surface area contributed by atoms with Gasteiger partial charge in [-0.1, -0.05) is 12.1 Å². The zero-order chi connectivity index (χ0) is 13.5. The average Bonchev–Trinajstić information content (AvgIpc) is 2.37. The second-order valence-corrected chi connectivity index (χ2v) is 4.03. The van der Waals surface area contributed by atoms with Crippen LogP contribution in [0.1, 0.15) is 19.4 Å². The number of rotatable bonds is 5. The Balaban J connectivity index is 2.80. The largest absolute Gasteiger partial charge is 0.342 e. The predicted molar refractivity (Wildman–Crippen MR) is 67.1 cm³/mol. The Morgan fingerprint density at radius 2 is 2.11 bits per heavy atom. The summed E-state index contributed by atoms with van der Waals surface area (Å²) in [6.07, 6.45) is 0.254. The Hall–Kier alpha value is -1.89. The van der Waals surface area contributed by atoms with Crippen molar-refractivity contribution in [1.29, 1.82) is 5.26 Å². The summed E-state index contributed by atoms with van der Waals surface area (Å²) in [5.74, 6) is -1.28. The van der Waals surface area contributed by atoms with Crippen molar-refractivity contribution in [2.45, 2.75) is 20.3 Å². The molecule has 1 rings (SSSR count). The van der Waals surface area contributed by atoms with Crippen LogP contribution in [0.3, 0.4) is 0 Å². The summed E-state index contributed by atoms with van der Waals surface area (Å²) in [7, 11) is 0. The molecule has 0 saturated carbocycles. The van der Waals surface area contributed by atoms with Gasteiger partial charge in [-0.2, -0.15) is 5.26 Å². The van der Waals surface area contributed by atoms with E-state index < -0.39 is 5.92 Å². The third kappa shape index (κ3) is 3.56. The number of benzene rings is 1. The summed E-state index contributed by atoms with van der Waals surface area (Å²) in [4.78, 5) is 13.7. The molecule has 1 amide bonds. The van der Waals surface area contributed by atoms with Crippen molar-refractivity contribution in [2.24, 2.45) is 5.92 Å². The van der Waals surface area contributed by atoms with Crippen LogP contribution in [0.15, 0.2) is 24.3 Å². The summed E-state index contributed by atoms with van der Waals surface area (Å²) in [6.45, 7) is 4.91. The normalized spacial score (nSPS) is 11.7. The van der Waals surface area contributed by atoms with Crippen LogP contribution in [0, 0.1) is 23.1 Å². The SMILES string of the molecule is CCN(CC)C(=O)C(C#N)Cc1cccc(F)c1. The smallest absolute Gasteiger partial charge is 0.240 e. The Kier molecular flexibility index (Phi) is 5.31. The van der Waals surface area contributed by atoms with Gasteiger partial charge in [0.05, 0.1) is 6.07 Å². The monoisotopic (exact) mass is 248 g/mol. The predicted octanol–water partition coefficient (Wildman–Crippen LogP) is 2.38. The second-order valence-electron chi connectivity index (χ2n) is 4.03. The molecule has 0 spiro atoms. The Labute approximate surface area is 107 Å². The first kappa shape index (κ1) is 14.2. The molecule has 18 heavy (non-hydrogen) atoms. The highest BCUT2D eigenvalue weighted by Gasteiger charge is 2.22. The van der Waals surface area contributed by atoms with E-state index in [9.17, 15) is 9.18 Å². The molecule has 1 unspecified atom stereocenters. The quantitative estimate of drug-likeness (QED) is 0.803. The maximum atomic E-state index is 13.0. The highest BCUT2D eigenvalue weighted by molar-refractivity contribution is 5.81. The van der Waals surface area contributed by atoms with Gasteiger partial charge in [0.2, 0.25) is 5.91 Å². The first-order valence-electron chi connectivity index (χ1n) is 6.05. The first-order valence-corrected chi connectivity index (χ1v) is 6.05. The fourth-order valence-corrected chi connectivity index (χ4v) is 1.84. The van der Waals surface area contributed by atoms with E-state index in [4.69, 9.17) is 5.26 Å². The molecular weight excluding hydrogens is 231 g/mol. The number of nitriles is 1. The van der Waals surface area contributed by atoms with Gasteiger partial charge in [0.15, 0.2) is 0 Å². The number of amides is 1. The van der Waals surface area contributed by atoms with Gasteiger partial charge in [0, 0.05) is 13.1 Å². The van der Waals surface area contributed by atoms with Crippen LogP contribution in [-0.4, -0.2) is 23.9 Å². The summed E-state index contributed by atoms with van der Waals surface area (Å²) < 4.78 is 13.0. The Morgan fingerprint density at radius 1 is 1.44 bits per heavy atom. The molecule has 3 nitrogen and oxygen atoms in total. The molecule has 1 aromatic rings. The van der Waals surface area contributed by atoms with E-state index in [1.165, 1.54) is 12.1 Å². The van der Waals surface area contributed by atoms with Crippen LogP contribution in [0.2, 0.25) is 0 Å². The number of carbonyl (C=O) groups excluding carboxylic acids is 1. The number of nitrogens with zero attached hydrogens (tertiary/aromatic N) is 2. The van der Waals surface area contributed by atoms with Crippen molar-refractivity contribution in [3.63, 3.8) is 0 Å². The lowest BCUT2D eigenvalue weighted by atomic mass is 9.99. The molecule has 0 aliphatic carbocycles. The van der Waals surface area contributed by atoms with Crippen LogP contribution >= 0.6 is 0 Å². The Morgan fingerprint density at radius 3 is 2.61 bits per heavy atom. The highest BCUT2D eigenvalue weighted by Crippen LogP contribution is 2.12. The van der Waals surface area contributed by atoms with Crippen LogP contribution < -0.4 is 0 Å². The minimum absolute atomic E-state index is 0.188. The maximum absolute atomic E-state index is 13.0. The molecule has 0 aliphatic rings. The summed E-state index contributed by atoms with van der Waals surface area (Å²) in [5, 5.41) is 9.08. The Bertz CT molecular complexity index is 449. The van der Waals surface area contributed by atoms with Gasteiger partial charge < -0.3 is 4.90 Å². The molecule has 0 aromatic heterocycles. The van der Waals surface area contributed by atoms with Crippen molar-refractivity contribution >= 4 is 5.91 Å². The lowest BCUT2D eigenvalue weighted by Gasteiger charge is -2.21. The minimum Gasteiger partial charge on any atom is -0.342 e. The molecule has 4 heteroatoms. The van der Waals surface area contributed by atoms with Gasteiger partial charge in [-0.3, -0.25) is 4.79 Å². The molecule has 0 fully saturated rings. The van der Waals surface area contributed by atoms with E-state index in [0.29, 0.717) is 18.7 Å². The van der Waals surface area contributed by atoms with Crippen molar-refractivity contribution in [2.75, 3.05) is 13.1 Å². The third-order valence-electron chi connectivity index (χ3n) is 2.86. The van der Waals surface area contributed by atoms with Gasteiger partial charge in [0.25, 0.3) is 0 Å². The third-order valence-corrected chi connectivity index (χ3v) is 2.86. The van der Waals surface area contributed by atoms with Gasteiger partial charge in [-0.25, -0.2) is 4.39 Å². The standard InChI is InChI=1S/C14H17FN2O/c1-3-17(4-2)14(18)12(10-16)8-11-6-5-7-13(15)9-11/h5-7,9,12H,3-4,8H2,1-2H3. The first-order chi connectivity index (χ1) is 8.62. The van der Waals surface area contributed by atoms with Crippen molar-refractivity contribution < 1.29 is 9.18 Å². The maximum Gasteiger partial charge on any atom is 0.240 e. The van der Waals surface area contributed by atoms with Crippen LogP contribution in [0.4, 0.5) is 4.39 Å².